The Labute approximate surface area is 182 Å². The van der Waals surface area contributed by atoms with Crippen LogP contribution in [0, 0.1) is 6.92 Å². The molecular weight excluding hydrogens is 431 g/mol. The first kappa shape index (κ1) is 23.5. The fraction of sp³-hybridized carbons (Fsp3) is 0.429. The monoisotopic (exact) mass is 453 g/mol. The van der Waals surface area contributed by atoms with E-state index in [4.69, 9.17) is 19.4 Å². The topological polar surface area (TPSA) is 102 Å². The van der Waals surface area contributed by atoms with Crippen molar-refractivity contribution in [3.8, 4) is 5.88 Å². The fourth-order valence-electron chi connectivity index (χ4n) is 3.68. The van der Waals surface area contributed by atoms with Crippen LogP contribution in [0.3, 0.4) is 0 Å². The molecule has 0 spiro atoms. The summed E-state index contributed by atoms with van der Waals surface area (Å²) < 4.78 is 43.7. The summed E-state index contributed by atoms with van der Waals surface area (Å²) in [6.45, 7) is 3.00. The predicted molar refractivity (Wildman–Crippen MR) is 105 cm³/mol. The van der Waals surface area contributed by atoms with Gasteiger partial charge in [0.05, 0.1) is 12.6 Å². The second-order valence-corrected chi connectivity index (χ2v) is 7.27. The molecule has 1 amide bonds. The number of fused-ring (bicyclic) bond motifs is 1. The average Bonchev–Trinajstić information content (AvgIpc) is 3.16. The molecule has 1 aliphatic carbocycles. The van der Waals surface area contributed by atoms with E-state index < -0.39 is 12.1 Å². The molecule has 1 aliphatic heterocycles. The van der Waals surface area contributed by atoms with E-state index in [-0.39, 0.29) is 24.2 Å². The highest BCUT2D eigenvalue weighted by Crippen LogP contribution is 2.33. The number of hydrogen-bond acceptors (Lipinski definition) is 6. The summed E-state index contributed by atoms with van der Waals surface area (Å²) in [5.74, 6) is -2.19. The van der Waals surface area contributed by atoms with Crippen LogP contribution in [0.1, 0.15) is 29.0 Å². The summed E-state index contributed by atoms with van der Waals surface area (Å²) >= 11 is 0. The van der Waals surface area contributed by atoms with Crippen molar-refractivity contribution in [1.82, 2.24) is 14.9 Å². The first-order valence-corrected chi connectivity index (χ1v) is 9.91. The lowest BCUT2D eigenvalue weighted by atomic mass is 10.1. The zero-order valence-electron chi connectivity index (χ0n) is 17.2. The van der Waals surface area contributed by atoms with Crippen LogP contribution in [-0.2, 0) is 9.53 Å². The minimum absolute atomic E-state index is 0.0253. The summed E-state index contributed by atoms with van der Waals surface area (Å²) in [5.41, 5.74) is 1.34. The van der Waals surface area contributed by atoms with Crippen LogP contribution >= 0.6 is 0 Å². The number of carboxylic acids is 1. The number of amides is 1. The van der Waals surface area contributed by atoms with Gasteiger partial charge in [-0.3, -0.25) is 4.79 Å². The van der Waals surface area contributed by atoms with Crippen molar-refractivity contribution >= 4 is 11.9 Å². The number of rotatable bonds is 3. The fourth-order valence-corrected chi connectivity index (χ4v) is 3.68. The Morgan fingerprint density at radius 1 is 1.19 bits per heavy atom. The Bertz CT molecular complexity index is 942. The van der Waals surface area contributed by atoms with Gasteiger partial charge in [0.25, 0.3) is 5.91 Å². The number of pyridine rings is 2. The molecule has 2 aliphatic rings. The number of aryl methyl sites for hydroxylation is 1. The van der Waals surface area contributed by atoms with E-state index in [9.17, 15) is 18.0 Å². The standard InChI is InChI=1S/C19H21N3O3.C2HF3O2/c1-13-5-4-6-14(21-13)19(23)22-11-12-24-18-15(22)8-9-16(18)25-17-7-2-3-10-20-17;3-2(4,5)1(6)7/h2-7,10,15-16,18H,8-9,11-12H2,1H3;(H,6,7)/t15-,16+,18+;/m0./s1. The van der Waals surface area contributed by atoms with E-state index in [0.717, 1.165) is 18.5 Å². The number of carboxylic acid groups (broad SMARTS) is 1. The molecular formula is C21H22F3N3O5. The molecule has 0 aromatic carbocycles. The highest BCUT2D eigenvalue weighted by atomic mass is 19.4. The number of aliphatic carboxylic acids is 1. The second-order valence-electron chi connectivity index (χ2n) is 7.27. The van der Waals surface area contributed by atoms with E-state index in [2.05, 4.69) is 9.97 Å². The Hall–Kier alpha value is -3.21. The second kappa shape index (κ2) is 9.94. The maximum absolute atomic E-state index is 12.9. The van der Waals surface area contributed by atoms with E-state index in [1.807, 2.05) is 42.2 Å². The van der Waals surface area contributed by atoms with Crippen LogP contribution in [0.15, 0.2) is 42.6 Å². The molecule has 0 unspecified atom stereocenters. The largest absolute Gasteiger partial charge is 0.490 e. The molecule has 2 fully saturated rings. The predicted octanol–water partition coefficient (Wildman–Crippen LogP) is 2.87. The van der Waals surface area contributed by atoms with Crippen molar-refractivity contribution in [1.29, 1.82) is 0 Å². The van der Waals surface area contributed by atoms with Crippen molar-refractivity contribution < 1.29 is 37.3 Å². The van der Waals surface area contributed by atoms with Crippen LogP contribution in [0.5, 0.6) is 5.88 Å². The normalized spacial score (nSPS) is 22.4. The third-order valence-electron chi connectivity index (χ3n) is 5.06. The van der Waals surface area contributed by atoms with Crippen molar-refractivity contribution in [3.63, 3.8) is 0 Å². The minimum Gasteiger partial charge on any atom is -0.475 e. The third-order valence-corrected chi connectivity index (χ3v) is 5.06. The molecule has 172 valence electrons. The first-order valence-electron chi connectivity index (χ1n) is 9.91. The van der Waals surface area contributed by atoms with Crippen LogP contribution in [0.2, 0.25) is 0 Å². The molecule has 1 saturated carbocycles. The molecule has 2 aromatic heterocycles. The summed E-state index contributed by atoms with van der Waals surface area (Å²) in [4.78, 5) is 32.3. The molecule has 32 heavy (non-hydrogen) atoms. The Balaban J connectivity index is 0.000000360. The van der Waals surface area contributed by atoms with Gasteiger partial charge in [-0.1, -0.05) is 12.1 Å². The number of nitrogens with zero attached hydrogens (tertiary/aromatic N) is 3. The van der Waals surface area contributed by atoms with Gasteiger partial charge in [-0.2, -0.15) is 13.2 Å². The molecule has 8 nitrogen and oxygen atoms in total. The first-order chi connectivity index (χ1) is 15.2. The van der Waals surface area contributed by atoms with Crippen molar-refractivity contribution in [2.24, 2.45) is 0 Å². The Morgan fingerprint density at radius 3 is 2.56 bits per heavy atom. The van der Waals surface area contributed by atoms with Gasteiger partial charge in [0, 0.05) is 24.5 Å². The lowest BCUT2D eigenvalue weighted by molar-refractivity contribution is -0.192. The molecule has 4 rings (SSSR count). The van der Waals surface area contributed by atoms with Gasteiger partial charge in [0.2, 0.25) is 5.88 Å². The lowest BCUT2D eigenvalue weighted by Crippen LogP contribution is -2.54. The molecule has 0 radical (unpaired) electrons. The van der Waals surface area contributed by atoms with E-state index in [1.165, 1.54) is 0 Å². The van der Waals surface area contributed by atoms with Crippen molar-refractivity contribution in [2.45, 2.75) is 44.2 Å². The number of carbonyl (C=O) groups is 2. The molecule has 1 N–H and O–H groups in total. The number of aromatic nitrogens is 2. The summed E-state index contributed by atoms with van der Waals surface area (Å²) in [6.07, 6.45) is -1.87. The summed E-state index contributed by atoms with van der Waals surface area (Å²) in [7, 11) is 0. The van der Waals surface area contributed by atoms with Gasteiger partial charge in [-0.05, 0) is 38.0 Å². The van der Waals surface area contributed by atoms with Crippen LogP contribution in [0.25, 0.3) is 0 Å². The quantitative estimate of drug-likeness (QED) is 0.763. The van der Waals surface area contributed by atoms with Gasteiger partial charge in [-0.15, -0.1) is 0 Å². The molecule has 3 atom stereocenters. The minimum atomic E-state index is -5.08. The van der Waals surface area contributed by atoms with Gasteiger partial charge in [0.15, 0.2) is 0 Å². The van der Waals surface area contributed by atoms with Gasteiger partial charge >= 0.3 is 12.1 Å². The van der Waals surface area contributed by atoms with Crippen molar-refractivity contribution in [3.05, 3.63) is 54.0 Å². The molecule has 0 bridgehead atoms. The molecule has 11 heteroatoms. The van der Waals surface area contributed by atoms with Crippen LogP contribution in [-0.4, -0.2) is 69.4 Å². The van der Waals surface area contributed by atoms with E-state index in [1.54, 1.807) is 12.3 Å². The SMILES string of the molecule is Cc1cccc(C(=O)N2CCO[C@H]3[C@H](Oc4ccccn4)CC[C@@H]32)n1.O=C(O)C(F)(F)F. The summed E-state index contributed by atoms with van der Waals surface area (Å²) in [6, 6.07) is 11.2. The van der Waals surface area contributed by atoms with E-state index >= 15 is 0 Å². The van der Waals surface area contributed by atoms with Gasteiger partial charge in [-0.25, -0.2) is 14.8 Å². The maximum atomic E-state index is 12.9. The van der Waals surface area contributed by atoms with Crippen molar-refractivity contribution in [2.75, 3.05) is 13.2 Å². The molecule has 3 heterocycles. The lowest BCUT2D eigenvalue weighted by Gasteiger charge is -2.38. The third kappa shape index (κ3) is 5.72. The Kier molecular flexibility index (Phi) is 7.29. The highest BCUT2D eigenvalue weighted by Gasteiger charge is 2.46. The number of ether oxygens (including phenoxy) is 2. The molecule has 2 aromatic rings. The van der Waals surface area contributed by atoms with Gasteiger partial charge < -0.3 is 19.5 Å². The maximum Gasteiger partial charge on any atom is 0.490 e. The zero-order valence-corrected chi connectivity index (χ0v) is 17.2. The van der Waals surface area contributed by atoms with E-state index in [0.29, 0.717) is 24.7 Å². The Morgan fingerprint density at radius 2 is 1.94 bits per heavy atom. The zero-order chi connectivity index (χ0) is 23.3. The number of hydrogen-bond donors (Lipinski definition) is 1. The average molecular weight is 453 g/mol. The number of alkyl halides is 3. The van der Waals surface area contributed by atoms with Gasteiger partial charge in [0.1, 0.15) is 17.9 Å². The molecule has 1 saturated heterocycles. The number of halogens is 3. The smallest absolute Gasteiger partial charge is 0.475 e. The number of carbonyl (C=O) groups excluding carboxylic acids is 1. The van der Waals surface area contributed by atoms with Crippen LogP contribution in [0.4, 0.5) is 13.2 Å². The highest BCUT2D eigenvalue weighted by molar-refractivity contribution is 5.92. The van der Waals surface area contributed by atoms with Crippen LogP contribution < -0.4 is 4.74 Å². The number of morpholine rings is 1. The summed E-state index contributed by atoms with van der Waals surface area (Å²) in [5, 5.41) is 7.12.